The number of methoxy groups -OCH3 is 1. The fraction of sp³-hybridized carbons (Fsp3) is 0.182. The van der Waals surface area contributed by atoms with E-state index in [1.165, 1.54) is 4.90 Å². The lowest BCUT2D eigenvalue weighted by Gasteiger charge is -2.14. The summed E-state index contributed by atoms with van der Waals surface area (Å²) in [4.78, 5) is 27.1. The average molecular weight is 362 g/mol. The minimum atomic E-state index is -0.376. The highest BCUT2D eigenvalue weighted by atomic mass is 16.5. The third kappa shape index (κ3) is 3.49. The zero-order valence-electron chi connectivity index (χ0n) is 15.7. The summed E-state index contributed by atoms with van der Waals surface area (Å²) in [6.45, 7) is 7.72. The molecule has 0 fully saturated rings. The zero-order valence-corrected chi connectivity index (χ0v) is 15.7. The van der Waals surface area contributed by atoms with Gasteiger partial charge in [-0.3, -0.25) is 14.5 Å². The third-order valence-electron chi connectivity index (χ3n) is 4.43. The highest BCUT2D eigenvalue weighted by molar-refractivity contribution is 6.36. The largest absolute Gasteiger partial charge is 0.495 e. The van der Waals surface area contributed by atoms with E-state index in [-0.39, 0.29) is 24.1 Å². The van der Waals surface area contributed by atoms with E-state index in [1.54, 1.807) is 13.2 Å². The number of rotatable bonds is 6. The lowest BCUT2D eigenvalue weighted by atomic mass is 10.0. The van der Waals surface area contributed by atoms with Gasteiger partial charge in [0.2, 0.25) is 0 Å². The molecule has 3 rings (SSSR count). The van der Waals surface area contributed by atoms with E-state index in [9.17, 15) is 9.59 Å². The molecule has 0 atom stereocenters. The van der Waals surface area contributed by atoms with Gasteiger partial charge in [0.25, 0.3) is 11.8 Å². The normalized spacial score (nSPS) is 14.0. The highest BCUT2D eigenvalue weighted by Gasteiger charge is 2.38. The van der Waals surface area contributed by atoms with Crippen molar-refractivity contribution in [1.29, 1.82) is 0 Å². The van der Waals surface area contributed by atoms with Crippen molar-refractivity contribution in [3.05, 3.63) is 77.5 Å². The molecule has 0 aromatic heterocycles. The number of anilines is 1. The maximum atomic E-state index is 12.9. The Morgan fingerprint density at radius 2 is 1.70 bits per heavy atom. The Bertz CT molecular complexity index is 943. The van der Waals surface area contributed by atoms with Gasteiger partial charge < -0.3 is 10.1 Å². The number of hydrogen-bond acceptors (Lipinski definition) is 4. The summed E-state index contributed by atoms with van der Waals surface area (Å²) in [5.74, 6) is -0.115. The molecule has 0 bridgehead atoms. The molecule has 0 unspecified atom stereocenters. The zero-order chi connectivity index (χ0) is 19.6. The van der Waals surface area contributed by atoms with Gasteiger partial charge in [-0.2, -0.15) is 0 Å². The van der Waals surface area contributed by atoms with E-state index in [0.717, 1.165) is 11.1 Å². The molecule has 0 saturated heterocycles. The van der Waals surface area contributed by atoms with Crippen LogP contribution in [0.1, 0.15) is 16.7 Å². The Kier molecular flexibility index (Phi) is 5.12. The Labute approximate surface area is 158 Å². The first-order chi connectivity index (χ1) is 13.0. The molecule has 0 spiro atoms. The number of carbonyl (C=O) groups excluding carboxylic acids is 2. The first-order valence-electron chi connectivity index (χ1n) is 8.66. The number of ether oxygens (including phenoxy) is 1. The predicted octanol–water partition coefficient (Wildman–Crippen LogP) is 3.69. The minimum absolute atomic E-state index is 0.156. The topological polar surface area (TPSA) is 58.6 Å². The van der Waals surface area contributed by atoms with E-state index < -0.39 is 0 Å². The summed E-state index contributed by atoms with van der Waals surface area (Å²) in [6.07, 6.45) is 1.54. The summed E-state index contributed by atoms with van der Waals surface area (Å²) < 4.78 is 5.39. The molecular formula is C22H22N2O3. The molecule has 0 radical (unpaired) electrons. The molecule has 0 aliphatic carbocycles. The first-order valence-corrected chi connectivity index (χ1v) is 8.66. The molecule has 1 heterocycles. The van der Waals surface area contributed by atoms with Crippen molar-refractivity contribution in [2.24, 2.45) is 0 Å². The molecule has 2 aromatic rings. The molecular weight excluding hydrogens is 340 g/mol. The van der Waals surface area contributed by atoms with E-state index in [4.69, 9.17) is 4.74 Å². The van der Waals surface area contributed by atoms with Crippen LogP contribution in [0.25, 0.3) is 5.57 Å². The fourth-order valence-electron chi connectivity index (χ4n) is 3.03. The fourth-order valence-corrected chi connectivity index (χ4v) is 3.03. The lowest BCUT2D eigenvalue weighted by molar-refractivity contribution is -0.136. The smallest absolute Gasteiger partial charge is 0.278 e. The van der Waals surface area contributed by atoms with Gasteiger partial charge in [-0.15, -0.1) is 6.58 Å². The molecule has 2 amide bonds. The molecule has 2 aromatic carbocycles. The van der Waals surface area contributed by atoms with Crippen LogP contribution in [0.3, 0.4) is 0 Å². The number of nitrogens with zero attached hydrogens (tertiary/aromatic N) is 1. The van der Waals surface area contributed by atoms with Crippen LogP contribution in [0, 0.1) is 13.8 Å². The van der Waals surface area contributed by atoms with Crippen LogP contribution in [-0.2, 0) is 9.59 Å². The van der Waals surface area contributed by atoms with Gasteiger partial charge in [-0.25, -0.2) is 0 Å². The van der Waals surface area contributed by atoms with E-state index in [2.05, 4.69) is 11.9 Å². The second-order valence-electron chi connectivity index (χ2n) is 6.45. The minimum Gasteiger partial charge on any atom is -0.495 e. The lowest BCUT2D eigenvalue weighted by Crippen LogP contribution is -2.32. The Morgan fingerprint density at radius 1 is 1.04 bits per heavy atom. The van der Waals surface area contributed by atoms with Crippen LogP contribution in [0.2, 0.25) is 0 Å². The summed E-state index contributed by atoms with van der Waals surface area (Å²) >= 11 is 0. The van der Waals surface area contributed by atoms with Gasteiger partial charge in [0.1, 0.15) is 11.4 Å². The molecule has 27 heavy (non-hydrogen) atoms. The Balaban J connectivity index is 2.12. The quantitative estimate of drug-likeness (QED) is 0.629. The van der Waals surface area contributed by atoms with Crippen LogP contribution in [0.5, 0.6) is 5.75 Å². The van der Waals surface area contributed by atoms with Gasteiger partial charge >= 0.3 is 0 Å². The van der Waals surface area contributed by atoms with E-state index in [1.807, 2.05) is 56.3 Å². The summed E-state index contributed by atoms with van der Waals surface area (Å²) in [6, 6.07) is 13.2. The van der Waals surface area contributed by atoms with E-state index in [0.29, 0.717) is 22.6 Å². The number of imide groups is 1. The molecule has 5 nitrogen and oxygen atoms in total. The van der Waals surface area contributed by atoms with Gasteiger partial charge in [0, 0.05) is 6.54 Å². The van der Waals surface area contributed by atoms with Gasteiger partial charge in [0.15, 0.2) is 0 Å². The average Bonchev–Trinajstić information content (AvgIpc) is 2.88. The van der Waals surface area contributed by atoms with Gasteiger partial charge in [-0.05, 0) is 37.1 Å². The van der Waals surface area contributed by atoms with Crippen LogP contribution in [0.15, 0.2) is 60.8 Å². The van der Waals surface area contributed by atoms with Crippen LogP contribution < -0.4 is 10.1 Å². The predicted molar refractivity (Wildman–Crippen MR) is 106 cm³/mol. The third-order valence-corrected chi connectivity index (χ3v) is 4.43. The summed E-state index contributed by atoms with van der Waals surface area (Å²) in [5, 5.41) is 3.14. The van der Waals surface area contributed by atoms with Crippen LogP contribution in [-0.4, -0.2) is 30.4 Å². The van der Waals surface area contributed by atoms with Crippen molar-refractivity contribution in [1.82, 2.24) is 4.90 Å². The van der Waals surface area contributed by atoms with Crippen molar-refractivity contribution in [2.75, 3.05) is 19.0 Å². The number of carbonyl (C=O) groups is 2. The van der Waals surface area contributed by atoms with Crippen molar-refractivity contribution in [2.45, 2.75) is 13.8 Å². The summed E-state index contributed by atoms with van der Waals surface area (Å²) in [7, 11) is 1.57. The number of amides is 2. The van der Waals surface area contributed by atoms with Crippen LogP contribution in [0.4, 0.5) is 5.69 Å². The highest BCUT2D eigenvalue weighted by Crippen LogP contribution is 2.33. The Hall–Kier alpha value is -3.34. The molecule has 5 heteroatoms. The monoisotopic (exact) mass is 362 g/mol. The number of benzene rings is 2. The Morgan fingerprint density at radius 3 is 2.33 bits per heavy atom. The second kappa shape index (κ2) is 7.50. The SMILES string of the molecule is C=CCN1C(=O)C(Nc2cc(C)ccc2OC)=C(c2ccc(C)cc2)C1=O. The first kappa shape index (κ1) is 18.5. The van der Waals surface area contributed by atoms with Crippen LogP contribution >= 0.6 is 0 Å². The maximum absolute atomic E-state index is 12.9. The van der Waals surface area contributed by atoms with Gasteiger partial charge in [0.05, 0.1) is 18.4 Å². The second-order valence-corrected chi connectivity index (χ2v) is 6.45. The molecule has 1 aliphatic heterocycles. The number of aryl methyl sites for hydroxylation is 2. The summed E-state index contributed by atoms with van der Waals surface area (Å²) in [5.41, 5.74) is 4.02. The standard InChI is InChI=1S/C22H22N2O3/c1-5-12-24-21(25)19(16-9-6-14(2)7-10-16)20(22(24)26)23-17-13-15(3)8-11-18(17)27-4/h5-11,13,23H,1,12H2,2-4H3. The number of hydrogen-bond donors (Lipinski definition) is 1. The van der Waals surface area contributed by atoms with Crippen molar-refractivity contribution >= 4 is 23.1 Å². The van der Waals surface area contributed by atoms with Crippen molar-refractivity contribution < 1.29 is 14.3 Å². The van der Waals surface area contributed by atoms with Gasteiger partial charge in [-0.1, -0.05) is 42.0 Å². The molecule has 1 N–H and O–H groups in total. The van der Waals surface area contributed by atoms with E-state index >= 15 is 0 Å². The molecule has 0 saturated carbocycles. The molecule has 1 aliphatic rings. The number of nitrogens with one attached hydrogen (secondary N) is 1. The van der Waals surface area contributed by atoms with Crippen molar-refractivity contribution in [3.63, 3.8) is 0 Å². The van der Waals surface area contributed by atoms with Crippen molar-refractivity contribution in [3.8, 4) is 5.75 Å². The maximum Gasteiger partial charge on any atom is 0.278 e. The molecule has 138 valence electrons.